The van der Waals surface area contributed by atoms with Gasteiger partial charge in [-0.05, 0) is 12.8 Å². The molecule has 0 radical (unpaired) electrons. The molecule has 1 aliphatic rings. The lowest BCUT2D eigenvalue weighted by Crippen LogP contribution is -2.47. The maximum absolute atomic E-state index is 12.7. The van der Waals surface area contributed by atoms with Crippen LogP contribution in [0.25, 0.3) is 0 Å². The minimum Gasteiger partial charge on any atom is -0.456 e. The SMILES string of the molecule is CCCC1(CCC)NC(=O)N(CC(=O)OCC(=O)c2ccccc2)C1=O. The average Bonchev–Trinajstić information content (AvgIpc) is 2.85. The summed E-state index contributed by atoms with van der Waals surface area (Å²) in [6.07, 6.45) is 2.50. The van der Waals surface area contributed by atoms with E-state index >= 15 is 0 Å². The Morgan fingerprint density at radius 1 is 1.08 bits per heavy atom. The molecule has 140 valence electrons. The molecule has 0 spiro atoms. The van der Waals surface area contributed by atoms with Crippen molar-refractivity contribution in [2.24, 2.45) is 0 Å². The van der Waals surface area contributed by atoms with E-state index in [1.54, 1.807) is 30.3 Å². The van der Waals surface area contributed by atoms with Gasteiger partial charge in [-0.25, -0.2) is 4.79 Å². The topological polar surface area (TPSA) is 92.8 Å². The van der Waals surface area contributed by atoms with E-state index in [1.807, 2.05) is 13.8 Å². The van der Waals surface area contributed by atoms with Gasteiger partial charge in [-0.15, -0.1) is 0 Å². The summed E-state index contributed by atoms with van der Waals surface area (Å²) in [4.78, 5) is 49.7. The van der Waals surface area contributed by atoms with Crippen molar-refractivity contribution in [3.05, 3.63) is 35.9 Å². The average molecular weight is 360 g/mol. The number of nitrogens with one attached hydrogen (secondary N) is 1. The van der Waals surface area contributed by atoms with Crippen molar-refractivity contribution in [1.29, 1.82) is 0 Å². The van der Waals surface area contributed by atoms with Gasteiger partial charge in [-0.1, -0.05) is 57.0 Å². The normalized spacial score (nSPS) is 15.7. The number of esters is 1. The number of rotatable bonds is 9. The highest BCUT2D eigenvalue weighted by atomic mass is 16.5. The van der Waals surface area contributed by atoms with Crippen molar-refractivity contribution in [2.45, 2.75) is 45.1 Å². The molecule has 1 N–H and O–H groups in total. The molecule has 2 rings (SSSR count). The Hall–Kier alpha value is -2.70. The Morgan fingerprint density at radius 3 is 2.27 bits per heavy atom. The van der Waals surface area contributed by atoms with Crippen LogP contribution in [-0.2, 0) is 14.3 Å². The van der Waals surface area contributed by atoms with E-state index in [9.17, 15) is 19.2 Å². The number of ketones is 1. The molecular formula is C19H24N2O5. The molecule has 3 amide bonds. The second-order valence-corrected chi connectivity index (χ2v) is 6.35. The summed E-state index contributed by atoms with van der Waals surface area (Å²) in [5, 5.41) is 2.73. The van der Waals surface area contributed by atoms with E-state index in [1.165, 1.54) is 0 Å². The number of benzene rings is 1. The third-order valence-corrected chi connectivity index (χ3v) is 4.35. The molecule has 0 aromatic heterocycles. The molecule has 0 unspecified atom stereocenters. The fraction of sp³-hybridized carbons (Fsp3) is 0.474. The van der Waals surface area contributed by atoms with Gasteiger partial charge in [-0.2, -0.15) is 0 Å². The molecule has 1 aromatic rings. The summed E-state index contributed by atoms with van der Waals surface area (Å²) in [7, 11) is 0. The number of urea groups is 1. The lowest BCUT2D eigenvalue weighted by Gasteiger charge is -2.25. The number of amides is 3. The highest BCUT2D eigenvalue weighted by Gasteiger charge is 2.50. The van der Waals surface area contributed by atoms with Gasteiger partial charge in [-0.3, -0.25) is 19.3 Å². The zero-order chi connectivity index (χ0) is 19.2. The van der Waals surface area contributed by atoms with Crippen LogP contribution < -0.4 is 5.32 Å². The van der Waals surface area contributed by atoms with Crippen molar-refractivity contribution in [1.82, 2.24) is 10.2 Å². The highest BCUT2D eigenvalue weighted by molar-refractivity contribution is 6.08. The maximum Gasteiger partial charge on any atom is 0.326 e. The lowest BCUT2D eigenvalue weighted by atomic mass is 9.88. The number of nitrogens with zero attached hydrogens (tertiary/aromatic N) is 1. The predicted molar refractivity (Wildman–Crippen MR) is 94.5 cm³/mol. The quantitative estimate of drug-likeness (QED) is 0.414. The van der Waals surface area contributed by atoms with Crippen LogP contribution in [0.15, 0.2) is 30.3 Å². The van der Waals surface area contributed by atoms with E-state index in [-0.39, 0.29) is 5.78 Å². The van der Waals surface area contributed by atoms with Crippen LogP contribution >= 0.6 is 0 Å². The Kier molecular flexibility index (Phi) is 6.49. The number of Topliss-reactive ketones (excluding diaryl/α,β-unsaturated/α-hetero) is 1. The summed E-state index contributed by atoms with van der Waals surface area (Å²) >= 11 is 0. The Bertz CT molecular complexity index is 680. The van der Waals surface area contributed by atoms with Crippen molar-refractivity contribution >= 4 is 23.7 Å². The molecule has 0 saturated carbocycles. The van der Waals surface area contributed by atoms with Crippen molar-refractivity contribution < 1.29 is 23.9 Å². The predicted octanol–water partition coefficient (Wildman–Crippen LogP) is 2.30. The van der Waals surface area contributed by atoms with Gasteiger partial charge in [0.2, 0.25) is 0 Å². The zero-order valence-corrected chi connectivity index (χ0v) is 15.1. The largest absolute Gasteiger partial charge is 0.456 e. The van der Waals surface area contributed by atoms with Crippen molar-refractivity contribution in [3.8, 4) is 0 Å². The Labute approximate surface area is 152 Å². The van der Waals surface area contributed by atoms with Crippen LogP contribution in [-0.4, -0.2) is 47.3 Å². The first-order chi connectivity index (χ1) is 12.4. The van der Waals surface area contributed by atoms with Crippen LogP contribution in [0, 0.1) is 0 Å². The summed E-state index contributed by atoms with van der Waals surface area (Å²) < 4.78 is 4.94. The molecule has 1 aromatic carbocycles. The van der Waals surface area contributed by atoms with Crippen molar-refractivity contribution in [3.63, 3.8) is 0 Å². The van der Waals surface area contributed by atoms with E-state index in [0.717, 1.165) is 17.7 Å². The monoisotopic (exact) mass is 360 g/mol. The molecule has 1 heterocycles. The molecule has 0 bridgehead atoms. The second kappa shape index (κ2) is 8.60. The van der Waals surface area contributed by atoms with E-state index in [2.05, 4.69) is 5.32 Å². The van der Waals surface area contributed by atoms with Gasteiger partial charge < -0.3 is 10.1 Å². The van der Waals surface area contributed by atoms with Crippen LogP contribution in [0.1, 0.15) is 49.9 Å². The van der Waals surface area contributed by atoms with Gasteiger partial charge in [0, 0.05) is 5.56 Å². The fourth-order valence-corrected chi connectivity index (χ4v) is 3.17. The van der Waals surface area contributed by atoms with Gasteiger partial charge in [0.15, 0.2) is 12.4 Å². The lowest BCUT2D eigenvalue weighted by molar-refractivity contribution is -0.147. The summed E-state index contributed by atoms with van der Waals surface area (Å²) in [6, 6.07) is 7.85. The van der Waals surface area contributed by atoms with Crippen molar-refractivity contribution in [2.75, 3.05) is 13.2 Å². The van der Waals surface area contributed by atoms with Crippen LogP contribution in [0.4, 0.5) is 4.79 Å². The molecule has 7 heteroatoms. The zero-order valence-electron chi connectivity index (χ0n) is 15.1. The third kappa shape index (κ3) is 4.28. The Balaban J connectivity index is 1.95. The minimum atomic E-state index is -0.944. The van der Waals surface area contributed by atoms with Gasteiger partial charge in [0.1, 0.15) is 12.1 Å². The first-order valence-electron chi connectivity index (χ1n) is 8.81. The number of hydrogen-bond donors (Lipinski definition) is 1. The van der Waals surface area contributed by atoms with Gasteiger partial charge in [0.05, 0.1) is 0 Å². The van der Waals surface area contributed by atoms with E-state index in [4.69, 9.17) is 4.74 Å². The van der Waals surface area contributed by atoms with E-state index < -0.39 is 36.6 Å². The molecule has 0 atom stereocenters. The number of carbonyl (C=O) groups is 4. The summed E-state index contributed by atoms with van der Waals surface area (Å²) in [6.45, 7) is 2.94. The van der Waals surface area contributed by atoms with Crippen LogP contribution in [0.2, 0.25) is 0 Å². The molecule has 7 nitrogen and oxygen atoms in total. The smallest absolute Gasteiger partial charge is 0.326 e. The number of imide groups is 1. The molecule has 1 fully saturated rings. The number of carbonyl (C=O) groups excluding carboxylic acids is 4. The van der Waals surface area contributed by atoms with Gasteiger partial charge in [0.25, 0.3) is 5.91 Å². The third-order valence-electron chi connectivity index (χ3n) is 4.35. The first kappa shape index (κ1) is 19.6. The second-order valence-electron chi connectivity index (χ2n) is 6.35. The highest BCUT2D eigenvalue weighted by Crippen LogP contribution is 2.27. The summed E-state index contributed by atoms with van der Waals surface area (Å²) in [5.74, 6) is -1.54. The van der Waals surface area contributed by atoms with E-state index in [0.29, 0.717) is 18.4 Å². The fourth-order valence-electron chi connectivity index (χ4n) is 3.17. The molecule has 26 heavy (non-hydrogen) atoms. The standard InChI is InChI=1S/C19H24N2O5/c1-3-10-19(11-4-2)17(24)21(18(25)20-19)12-16(23)26-13-15(22)14-8-6-5-7-9-14/h5-9H,3-4,10-13H2,1-2H3,(H,20,25). The maximum atomic E-state index is 12.7. The van der Waals surface area contributed by atoms with Gasteiger partial charge >= 0.3 is 12.0 Å². The minimum absolute atomic E-state index is 0.345. The Morgan fingerprint density at radius 2 is 1.69 bits per heavy atom. The molecular weight excluding hydrogens is 336 g/mol. The van der Waals surface area contributed by atoms with Crippen LogP contribution in [0.5, 0.6) is 0 Å². The number of hydrogen-bond acceptors (Lipinski definition) is 5. The van der Waals surface area contributed by atoms with Crippen LogP contribution in [0.3, 0.4) is 0 Å². The summed E-state index contributed by atoms with van der Waals surface area (Å²) in [5.41, 5.74) is -0.513. The molecule has 1 aliphatic heterocycles. The first-order valence-corrected chi connectivity index (χ1v) is 8.81. The number of ether oxygens (including phenoxy) is 1. The molecule has 1 saturated heterocycles. The molecule has 0 aliphatic carbocycles.